The topological polar surface area (TPSA) is 69.5 Å². The predicted molar refractivity (Wildman–Crippen MR) is 142 cm³/mol. The quantitative estimate of drug-likeness (QED) is 0.363. The van der Waals surface area contributed by atoms with Crippen LogP contribution in [0.15, 0.2) is 78.2 Å². The van der Waals surface area contributed by atoms with E-state index >= 15 is 0 Å². The van der Waals surface area contributed by atoms with Gasteiger partial charge < -0.3 is 9.64 Å². The van der Waals surface area contributed by atoms with E-state index in [1.807, 2.05) is 71.6 Å². The third kappa shape index (κ3) is 5.01. The van der Waals surface area contributed by atoms with Gasteiger partial charge in [-0.25, -0.2) is 4.98 Å². The normalized spacial score (nSPS) is 13.8. The summed E-state index contributed by atoms with van der Waals surface area (Å²) in [5.74, 6) is 0.841. The number of benzene rings is 3. The first-order valence-corrected chi connectivity index (χ1v) is 12.7. The summed E-state index contributed by atoms with van der Waals surface area (Å²) in [4.78, 5) is 22.5. The Morgan fingerprint density at radius 1 is 0.972 bits per heavy atom. The van der Waals surface area contributed by atoms with Gasteiger partial charge in [0.1, 0.15) is 10.8 Å². The van der Waals surface area contributed by atoms with Crippen molar-refractivity contribution in [2.45, 2.75) is 6.54 Å². The van der Waals surface area contributed by atoms with E-state index in [-0.39, 0.29) is 5.91 Å². The van der Waals surface area contributed by atoms with Gasteiger partial charge in [0, 0.05) is 54.8 Å². The summed E-state index contributed by atoms with van der Waals surface area (Å²) in [6.07, 6.45) is 0. The molecular weight excluding hydrogens is 468 g/mol. The van der Waals surface area contributed by atoms with Crippen molar-refractivity contribution in [3.8, 4) is 33.5 Å². The lowest BCUT2D eigenvalue weighted by molar-refractivity contribution is 0.0628. The average molecular weight is 495 g/mol. The van der Waals surface area contributed by atoms with E-state index in [0.717, 1.165) is 52.8 Å². The Hall–Kier alpha value is -3.99. The maximum absolute atomic E-state index is 13.5. The van der Waals surface area contributed by atoms with Crippen LogP contribution in [-0.2, 0) is 6.54 Å². The number of methoxy groups -OCH3 is 1. The van der Waals surface area contributed by atoms with Crippen molar-refractivity contribution in [1.29, 1.82) is 5.26 Å². The molecule has 7 heteroatoms. The van der Waals surface area contributed by atoms with E-state index in [1.165, 1.54) is 0 Å². The van der Waals surface area contributed by atoms with Gasteiger partial charge in [-0.3, -0.25) is 9.69 Å². The maximum Gasteiger partial charge on any atom is 0.254 e. The van der Waals surface area contributed by atoms with Gasteiger partial charge in [-0.1, -0.05) is 36.4 Å². The average Bonchev–Trinajstić information content (AvgIpc) is 3.41. The Balaban J connectivity index is 1.23. The van der Waals surface area contributed by atoms with Crippen LogP contribution in [0.25, 0.3) is 21.7 Å². The number of nitrogens with zero attached hydrogens (tertiary/aromatic N) is 4. The van der Waals surface area contributed by atoms with Crippen LogP contribution < -0.4 is 4.74 Å². The number of carbonyl (C=O) groups excluding carboxylic acids is 1. The molecular formula is C29H26N4O2S. The lowest BCUT2D eigenvalue weighted by Crippen LogP contribution is -2.48. The van der Waals surface area contributed by atoms with Crippen molar-refractivity contribution in [2.75, 3.05) is 33.3 Å². The summed E-state index contributed by atoms with van der Waals surface area (Å²) in [7, 11) is 1.66. The van der Waals surface area contributed by atoms with Crippen molar-refractivity contribution < 1.29 is 9.53 Å². The molecule has 5 rings (SSSR count). The molecule has 0 unspecified atom stereocenters. The largest absolute Gasteiger partial charge is 0.497 e. The van der Waals surface area contributed by atoms with Gasteiger partial charge in [-0.15, -0.1) is 11.3 Å². The fourth-order valence-electron chi connectivity index (χ4n) is 4.47. The highest BCUT2D eigenvalue weighted by atomic mass is 32.1. The summed E-state index contributed by atoms with van der Waals surface area (Å²) in [5.41, 5.74) is 4.93. The second kappa shape index (κ2) is 10.7. The minimum Gasteiger partial charge on any atom is -0.497 e. The standard InChI is InChI=1S/C29H26N4O2S/c1-35-24-12-10-21(11-13-24)28-31-23(20-36-28)19-32-14-16-33(17-15-32)29(34)27-9-5-4-8-26(27)25-7-3-2-6-22(25)18-30/h2-13,20H,14-17,19H2,1H3. The third-order valence-electron chi connectivity index (χ3n) is 6.43. The summed E-state index contributed by atoms with van der Waals surface area (Å²) < 4.78 is 5.24. The molecule has 1 aliphatic rings. The molecule has 0 radical (unpaired) electrons. The summed E-state index contributed by atoms with van der Waals surface area (Å²) in [5, 5.41) is 12.6. The highest BCUT2D eigenvalue weighted by Gasteiger charge is 2.25. The number of rotatable bonds is 6. The smallest absolute Gasteiger partial charge is 0.254 e. The molecule has 0 saturated carbocycles. The number of piperazine rings is 1. The van der Waals surface area contributed by atoms with Gasteiger partial charge >= 0.3 is 0 Å². The van der Waals surface area contributed by atoms with E-state index in [0.29, 0.717) is 24.2 Å². The molecule has 0 aliphatic carbocycles. The molecule has 0 spiro atoms. The molecule has 0 bridgehead atoms. The molecule has 1 saturated heterocycles. The number of carbonyl (C=O) groups is 1. The number of hydrogen-bond donors (Lipinski definition) is 0. The molecule has 0 N–H and O–H groups in total. The second-order valence-corrected chi connectivity index (χ2v) is 9.50. The Morgan fingerprint density at radius 2 is 1.67 bits per heavy atom. The molecule has 1 aromatic heterocycles. The predicted octanol–water partition coefficient (Wildman–Crippen LogP) is 5.32. The molecule has 36 heavy (non-hydrogen) atoms. The Morgan fingerprint density at radius 3 is 2.39 bits per heavy atom. The van der Waals surface area contributed by atoms with Crippen molar-refractivity contribution in [3.05, 3.63) is 95.0 Å². The summed E-state index contributed by atoms with van der Waals surface area (Å²) in [6.45, 7) is 3.65. The van der Waals surface area contributed by atoms with Crippen molar-refractivity contribution in [1.82, 2.24) is 14.8 Å². The molecule has 1 amide bonds. The van der Waals surface area contributed by atoms with Crippen LogP contribution in [0.3, 0.4) is 0 Å². The van der Waals surface area contributed by atoms with Crippen molar-refractivity contribution >= 4 is 17.2 Å². The zero-order valence-corrected chi connectivity index (χ0v) is 20.9. The van der Waals surface area contributed by atoms with Gasteiger partial charge in [0.25, 0.3) is 5.91 Å². The van der Waals surface area contributed by atoms with Crippen LogP contribution >= 0.6 is 11.3 Å². The van der Waals surface area contributed by atoms with Crippen LogP contribution in [-0.4, -0.2) is 54.0 Å². The molecule has 3 aromatic carbocycles. The SMILES string of the molecule is COc1ccc(-c2nc(CN3CCN(C(=O)c4ccccc4-c4ccccc4C#N)CC3)cs2)cc1. The first-order valence-electron chi connectivity index (χ1n) is 11.9. The number of aromatic nitrogens is 1. The molecule has 1 aliphatic heterocycles. The zero-order valence-electron chi connectivity index (χ0n) is 20.1. The zero-order chi connectivity index (χ0) is 24.9. The van der Waals surface area contributed by atoms with Gasteiger partial charge in [-0.05, 0) is 42.0 Å². The number of nitriles is 1. The minimum atomic E-state index is 0.00782. The lowest BCUT2D eigenvalue weighted by Gasteiger charge is -2.34. The molecule has 180 valence electrons. The Bertz CT molecular complexity index is 1400. The first-order chi connectivity index (χ1) is 17.7. The number of hydrogen-bond acceptors (Lipinski definition) is 6. The van der Waals surface area contributed by atoms with Crippen LogP contribution in [0.1, 0.15) is 21.6 Å². The number of ether oxygens (including phenoxy) is 1. The van der Waals surface area contributed by atoms with E-state index in [4.69, 9.17) is 9.72 Å². The molecule has 2 heterocycles. The lowest BCUT2D eigenvalue weighted by atomic mass is 9.95. The van der Waals surface area contributed by atoms with Crippen molar-refractivity contribution in [3.63, 3.8) is 0 Å². The van der Waals surface area contributed by atoms with Crippen molar-refractivity contribution in [2.24, 2.45) is 0 Å². The van der Waals surface area contributed by atoms with Gasteiger partial charge in [0.15, 0.2) is 0 Å². The third-order valence-corrected chi connectivity index (χ3v) is 7.37. The van der Waals surface area contributed by atoms with Gasteiger partial charge in [-0.2, -0.15) is 5.26 Å². The Kier molecular flexibility index (Phi) is 7.08. The maximum atomic E-state index is 13.5. The van der Waals surface area contributed by atoms with Crippen LogP contribution in [0.5, 0.6) is 5.75 Å². The highest BCUT2D eigenvalue weighted by molar-refractivity contribution is 7.13. The van der Waals surface area contributed by atoms with Crippen LogP contribution in [0.2, 0.25) is 0 Å². The molecule has 0 atom stereocenters. The minimum absolute atomic E-state index is 0.00782. The monoisotopic (exact) mass is 494 g/mol. The van der Waals surface area contributed by atoms with E-state index in [9.17, 15) is 10.1 Å². The van der Waals surface area contributed by atoms with Gasteiger partial charge in [0.05, 0.1) is 24.4 Å². The van der Waals surface area contributed by atoms with E-state index in [1.54, 1.807) is 24.5 Å². The second-order valence-electron chi connectivity index (χ2n) is 8.64. The fourth-order valence-corrected chi connectivity index (χ4v) is 5.29. The van der Waals surface area contributed by atoms with E-state index in [2.05, 4.69) is 16.3 Å². The number of thiazole rings is 1. The molecule has 6 nitrogen and oxygen atoms in total. The summed E-state index contributed by atoms with van der Waals surface area (Å²) in [6, 6.07) is 25.2. The molecule has 4 aromatic rings. The molecule has 1 fully saturated rings. The van der Waals surface area contributed by atoms with E-state index < -0.39 is 0 Å². The van der Waals surface area contributed by atoms with Crippen LogP contribution in [0, 0.1) is 11.3 Å². The first kappa shape index (κ1) is 23.7. The number of amides is 1. The highest BCUT2D eigenvalue weighted by Crippen LogP contribution is 2.29. The fraction of sp³-hybridized carbons (Fsp3) is 0.207. The summed E-state index contributed by atoms with van der Waals surface area (Å²) >= 11 is 1.64. The van der Waals surface area contributed by atoms with Crippen LogP contribution in [0.4, 0.5) is 0 Å². The Labute approximate surface area is 215 Å². The van der Waals surface area contributed by atoms with Gasteiger partial charge in [0.2, 0.25) is 0 Å².